The van der Waals surface area contributed by atoms with Crippen molar-refractivity contribution in [2.75, 3.05) is 0 Å². The van der Waals surface area contributed by atoms with Crippen LogP contribution < -0.4 is 0 Å². The Morgan fingerprint density at radius 1 is 0.955 bits per heavy atom. The zero-order valence-corrected chi connectivity index (χ0v) is 12.4. The topological polar surface area (TPSA) is 37.3 Å². The number of fused-ring (bicyclic) bond motifs is 1. The molecule has 0 heterocycles. The summed E-state index contributed by atoms with van der Waals surface area (Å²) in [6.07, 6.45) is 3.09. The zero-order chi connectivity index (χ0) is 15.5. The van der Waals surface area contributed by atoms with E-state index in [1.165, 1.54) is 6.08 Å². The number of rotatable bonds is 3. The molecule has 0 fully saturated rings. The molecule has 0 amide bonds. The highest BCUT2D eigenvalue weighted by Crippen LogP contribution is 2.28. The number of carbonyl (C=O) groups is 1. The standard InChI is InChI=1S/C19H13ClO2/c20-16-8-4-2-6-14(16)10-12-18(22)19-15-7-3-1-5-13(15)9-11-17(19)21/h1-12,21H/b12-10+. The van der Waals surface area contributed by atoms with Crippen molar-refractivity contribution in [2.24, 2.45) is 0 Å². The van der Waals surface area contributed by atoms with Crippen LogP contribution in [0.3, 0.4) is 0 Å². The van der Waals surface area contributed by atoms with Crippen molar-refractivity contribution < 1.29 is 9.90 Å². The third kappa shape index (κ3) is 2.74. The molecule has 3 heteroatoms. The van der Waals surface area contributed by atoms with Crippen LogP contribution in [0.25, 0.3) is 16.8 Å². The van der Waals surface area contributed by atoms with Gasteiger partial charge in [0.25, 0.3) is 0 Å². The molecular weight excluding hydrogens is 296 g/mol. The number of hydrogen-bond acceptors (Lipinski definition) is 2. The van der Waals surface area contributed by atoms with E-state index in [1.807, 2.05) is 42.5 Å². The van der Waals surface area contributed by atoms with Gasteiger partial charge in [0.05, 0.1) is 5.56 Å². The molecular formula is C19H13ClO2. The highest BCUT2D eigenvalue weighted by Gasteiger charge is 2.12. The van der Waals surface area contributed by atoms with Crippen LogP contribution in [0.1, 0.15) is 15.9 Å². The van der Waals surface area contributed by atoms with Gasteiger partial charge >= 0.3 is 0 Å². The third-order valence-electron chi connectivity index (χ3n) is 3.47. The highest BCUT2D eigenvalue weighted by atomic mass is 35.5. The van der Waals surface area contributed by atoms with E-state index in [0.29, 0.717) is 10.6 Å². The van der Waals surface area contributed by atoms with Crippen molar-refractivity contribution in [2.45, 2.75) is 0 Å². The Bertz CT molecular complexity index is 881. The maximum Gasteiger partial charge on any atom is 0.190 e. The monoisotopic (exact) mass is 308 g/mol. The molecule has 0 aromatic heterocycles. The van der Waals surface area contributed by atoms with Gasteiger partial charge in [-0.15, -0.1) is 0 Å². The molecule has 0 unspecified atom stereocenters. The highest BCUT2D eigenvalue weighted by molar-refractivity contribution is 6.32. The van der Waals surface area contributed by atoms with E-state index >= 15 is 0 Å². The lowest BCUT2D eigenvalue weighted by Gasteiger charge is -2.06. The van der Waals surface area contributed by atoms with Crippen molar-refractivity contribution in [3.05, 3.63) is 82.9 Å². The molecule has 108 valence electrons. The fourth-order valence-corrected chi connectivity index (χ4v) is 2.58. The fourth-order valence-electron chi connectivity index (χ4n) is 2.38. The van der Waals surface area contributed by atoms with E-state index in [0.717, 1.165) is 16.3 Å². The molecule has 0 saturated carbocycles. The molecule has 0 aliphatic heterocycles. The fraction of sp³-hybridized carbons (Fsp3) is 0. The van der Waals surface area contributed by atoms with Crippen LogP contribution >= 0.6 is 11.6 Å². The normalized spacial score (nSPS) is 11.1. The molecule has 0 atom stereocenters. The van der Waals surface area contributed by atoms with Crippen LogP contribution in [0.5, 0.6) is 5.75 Å². The molecule has 3 rings (SSSR count). The van der Waals surface area contributed by atoms with Crippen molar-refractivity contribution in [1.29, 1.82) is 0 Å². The number of phenols is 1. The largest absolute Gasteiger partial charge is 0.507 e. The first-order valence-corrected chi connectivity index (χ1v) is 7.22. The minimum absolute atomic E-state index is 0.0208. The van der Waals surface area contributed by atoms with Gasteiger partial charge in [-0.05, 0) is 40.6 Å². The quantitative estimate of drug-likeness (QED) is 0.540. The molecule has 0 spiro atoms. The molecule has 0 aliphatic carbocycles. The molecule has 1 N–H and O–H groups in total. The lowest BCUT2D eigenvalue weighted by atomic mass is 9.99. The molecule has 22 heavy (non-hydrogen) atoms. The van der Waals surface area contributed by atoms with Gasteiger partial charge in [0.1, 0.15) is 5.75 Å². The molecule has 0 bridgehead atoms. The van der Waals surface area contributed by atoms with E-state index in [1.54, 1.807) is 24.3 Å². The predicted octanol–water partition coefficient (Wildman–Crippen LogP) is 5.09. The maximum absolute atomic E-state index is 12.5. The van der Waals surface area contributed by atoms with E-state index < -0.39 is 0 Å². The molecule has 3 aromatic rings. The minimum Gasteiger partial charge on any atom is -0.507 e. The van der Waals surface area contributed by atoms with Crippen LogP contribution in [0.15, 0.2) is 66.7 Å². The number of ketones is 1. The van der Waals surface area contributed by atoms with Crippen molar-refractivity contribution >= 4 is 34.2 Å². The Morgan fingerprint density at radius 3 is 2.50 bits per heavy atom. The van der Waals surface area contributed by atoms with E-state index in [2.05, 4.69) is 0 Å². The van der Waals surface area contributed by atoms with E-state index in [-0.39, 0.29) is 11.5 Å². The summed E-state index contributed by atoms with van der Waals surface area (Å²) in [6.45, 7) is 0. The molecule has 3 aromatic carbocycles. The Hall–Kier alpha value is -2.58. The van der Waals surface area contributed by atoms with Gasteiger partial charge in [0, 0.05) is 5.02 Å². The zero-order valence-electron chi connectivity index (χ0n) is 11.7. The minimum atomic E-state index is -0.255. The first-order chi connectivity index (χ1) is 10.7. The van der Waals surface area contributed by atoms with Gasteiger partial charge in [-0.3, -0.25) is 4.79 Å². The molecule has 0 saturated heterocycles. The van der Waals surface area contributed by atoms with Crippen LogP contribution in [0.4, 0.5) is 0 Å². The number of allylic oxidation sites excluding steroid dienone is 1. The average molecular weight is 309 g/mol. The van der Waals surface area contributed by atoms with E-state index in [4.69, 9.17) is 11.6 Å². The van der Waals surface area contributed by atoms with Crippen LogP contribution in [0, 0.1) is 0 Å². The van der Waals surface area contributed by atoms with Crippen LogP contribution in [-0.2, 0) is 0 Å². The Labute approximate surface area is 133 Å². The Kier molecular flexibility index (Phi) is 3.94. The summed E-state index contributed by atoms with van der Waals surface area (Å²) in [7, 11) is 0. The lowest BCUT2D eigenvalue weighted by molar-refractivity contribution is 0.104. The van der Waals surface area contributed by atoms with Crippen LogP contribution in [-0.4, -0.2) is 10.9 Å². The summed E-state index contributed by atoms with van der Waals surface area (Å²) in [5.74, 6) is -0.276. The van der Waals surface area contributed by atoms with Crippen molar-refractivity contribution in [3.8, 4) is 5.75 Å². The van der Waals surface area contributed by atoms with Gasteiger partial charge in [0.2, 0.25) is 0 Å². The van der Waals surface area contributed by atoms with Gasteiger partial charge in [0.15, 0.2) is 5.78 Å². The van der Waals surface area contributed by atoms with Crippen LogP contribution in [0.2, 0.25) is 5.02 Å². The first kappa shape index (κ1) is 14.4. The number of hydrogen-bond donors (Lipinski definition) is 1. The second-order valence-electron chi connectivity index (χ2n) is 4.90. The predicted molar refractivity (Wildman–Crippen MR) is 90.4 cm³/mol. The van der Waals surface area contributed by atoms with Gasteiger partial charge in [-0.1, -0.05) is 60.1 Å². The third-order valence-corrected chi connectivity index (χ3v) is 3.82. The van der Waals surface area contributed by atoms with E-state index in [9.17, 15) is 9.90 Å². The Morgan fingerprint density at radius 2 is 1.68 bits per heavy atom. The summed E-state index contributed by atoms with van der Waals surface area (Å²) < 4.78 is 0. The van der Waals surface area contributed by atoms with Gasteiger partial charge in [-0.25, -0.2) is 0 Å². The SMILES string of the molecule is O=C(/C=C/c1ccccc1Cl)c1c(O)ccc2ccccc12. The number of carbonyl (C=O) groups excluding carboxylic acids is 1. The van der Waals surface area contributed by atoms with Gasteiger partial charge in [-0.2, -0.15) is 0 Å². The summed E-state index contributed by atoms with van der Waals surface area (Å²) >= 11 is 6.07. The Balaban J connectivity index is 2.03. The number of phenolic OH excluding ortho intramolecular Hbond substituents is 1. The number of aromatic hydroxyl groups is 1. The molecule has 2 nitrogen and oxygen atoms in total. The molecule has 0 radical (unpaired) electrons. The molecule has 0 aliphatic rings. The first-order valence-electron chi connectivity index (χ1n) is 6.84. The smallest absolute Gasteiger partial charge is 0.190 e. The maximum atomic E-state index is 12.5. The second kappa shape index (κ2) is 6.04. The number of benzene rings is 3. The van der Waals surface area contributed by atoms with Crippen molar-refractivity contribution in [1.82, 2.24) is 0 Å². The van der Waals surface area contributed by atoms with Gasteiger partial charge < -0.3 is 5.11 Å². The number of halogens is 1. The summed E-state index contributed by atoms with van der Waals surface area (Å²) in [5.41, 5.74) is 1.07. The summed E-state index contributed by atoms with van der Waals surface area (Å²) in [4.78, 5) is 12.5. The average Bonchev–Trinajstić information content (AvgIpc) is 2.53. The van der Waals surface area contributed by atoms with Crippen molar-refractivity contribution in [3.63, 3.8) is 0 Å². The second-order valence-corrected chi connectivity index (χ2v) is 5.31. The summed E-state index contributed by atoms with van der Waals surface area (Å²) in [6, 6.07) is 18.1. The summed E-state index contributed by atoms with van der Waals surface area (Å²) in [5, 5.41) is 12.3. The lowest BCUT2D eigenvalue weighted by Crippen LogP contribution is -1.96.